The van der Waals surface area contributed by atoms with Crippen molar-refractivity contribution < 1.29 is 9.53 Å². The summed E-state index contributed by atoms with van der Waals surface area (Å²) in [5, 5.41) is 2.75. The van der Waals surface area contributed by atoms with E-state index in [1.165, 1.54) is 6.33 Å². The second-order valence-electron chi connectivity index (χ2n) is 4.68. The lowest BCUT2D eigenvalue weighted by atomic mass is 10.3. The molecule has 1 heterocycles. The third kappa shape index (κ3) is 3.03. The van der Waals surface area contributed by atoms with Gasteiger partial charge in [-0.3, -0.25) is 4.79 Å². The highest BCUT2D eigenvalue weighted by Crippen LogP contribution is 2.30. The molecule has 1 aliphatic carbocycles. The molecule has 1 saturated carbocycles. The van der Waals surface area contributed by atoms with Crippen molar-refractivity contribution in [3.05, 3.63) is 36.7 Å². The van der Waals surface area contributed by atoms with Crippen molar-refractivity contribution >= 4 is 17.4 Å². The average molecular weight is 270 g/mol. The van der Waals surface area contributed by atoms with Gasteiger partial charge in [-0.1, -0.05) is 0 Å². The summed E-state index contributed by atoms with van der Waals surface area (Å²) < 4.78 is 5.57. The quantitative estimate of drug-likeness (QED) is 0.831. The molecule has 2 aromatic rings. The van der Waals surface area contributed by atoms with Crippen LogP contribution in [0.2, 0.25) is 0 Å². The predicted octanol–water partition coefficient (Wildman–Crippen LogP) is 2.20. The summed E-state index contributed by atoms with van der Waals surface area (Å²) in [5.41, 5.74) is 6.27. The molecule has 1 aromatic carbocycles. The lowest BCUT2D eigenvalue weighted by molar-refractivity contribution is -0.117. The van der Waals surface area contributed by atoms with Crippen LogP contribution in [0.15, 0.2) is 36.7 Å². The maximum absolute atomic E-state index is 11.7. The molecule has 1 fully saturated rings. The largest absolute Gasteiger partial charge is 0.439 e. The number of nitrogens with zero attached hydrogens (tertiary/aromatic N) is 2. The van der Waals surface area contributed by atoms with E-state index in [1.807, 2.05) is 0 Å². The van der Waals surface area contributed by atoms with E-state index in [1.54, 1.807) is 30.3 Å². The molecule has 0 aliphatic heterocycles. The number of aromatic nitrogens is 2. The topological polar surface area (TPSA) is 90.1 Å². The van der Waals surface area contributed by atoms with Crippen LogP contribution >= 0.6 is 0 Å². The Bertz CT molecular complexity index is 623. The molecule has 0 saturated heterocycles. The summed E-state index contributed by atoms with van der Waals surface area (Å²) in [6.45, 7) is 0. The molecule has 0 atom stereocenters. The molecule has 1 amide bonds. The lowest BCUT2D eigenvalue weighted by Gasteiger charge is -2.07. The van der Waals surface area contributed by atoms with E-state index >= 15 is 0 Å². The molecule has 20 heavy (non-hydrogen) atoms. The van der Waals surface area contributed by atoms with Crippen molar-refractivity contribution in [2.24, 2.45) is 5.92 Å². The van der Waals surface area contributed by atoms with Gasteiger partial charge in [0.2, 0.25) is 11.8 Å². The molecular weight excluding hydrogens is 256 g/mol. The molecule has 0 radical (unpaired) electrons. The molecule has 3 rings (SSSR count). The highest BCUT2D eigenvalue weighted by Gasteiger charge is 2.29. The van der Waals surface area contributed by atoms with Crippen LogP contribution in [0, 0.1) is 5.92 Å². The maximum atomic E-state index is 11.7. The summed E-state index contributed by atoms with van der Waals surface area (Å²) in [6, 6.07) is 8.58. The Kier molecular flexibility index (Phi) is 3.20. The van der Waals surface area contributed by atoms with Gasteiger partial charge < -0.3 is 15.8 Å². The third-order valence-corrected chi connectivity index (χ3v) is 2.94. The van der Waals surface area contributed by atoms with Gasteiger partial charge in [-0.25, -0.2) is 9.97 Å². The standard InChI is InChI=1S/C14H14N4O2/c15-10-3-5-11(6-4-10)20-13-7-12(16-8-17-13)18-14(19)9-1-2-9/h3-9H,1-2,15H2,(H,16,17,18,19). The van der Waals surface area contributed by atoms with Crippen LogP contribution in [0.25, 0.3) is 0 Å². The van der Waals surface area contributed by atoms with E-state index in [4.69, 9.17) is 10.5 Å². The zero-order valence-electron chi connectivity index (χ0n) is 10.7. The Labute approximate surface area is 116 Å². The number of nitrogens with two attached hydrogens (primary N) is 1. The summed E-state index contributed by atoms with van der Waals surface area (Å²) in [7, 11) is 0. The molecule has 1 aromatic heterocycles. The zero-order chi connectivity index (χ0) is 13.9. The molecule has 1 aliphatic rings. The Morgan fingerprint density at radius 3 is 2.70 bits per heavy atom. The summed E-state index contributed by atoms with van der Waals surface area (Å²) in [5.74, 6) is 1.57. The van der Waals surface area contributed by atoms with Gasteiger partial charge in [-0.05, 0) is 37.1 Å². The van der Waals surface area contributed by atoms with Crippen molar-refractivity contribution in [2.45, 2.75) is 12.8 Å². The number of hydrogen-bond acceptors (Lipinski definition) is 5. The Morgan fingerprint density at radius 2 is 2.00 bits per heavy atom. The minimum absolute atomic E-state index is 0.00198. The average Bonchev–Trinajstić information content (AvgIpc) is 3.26. The lowest BCUT2D eigenvalue weighted by Crippen LogP contribution is -2.14. The van der Waals surface area contributed by atoms with E-state index in [0.29, 0.717) is 23.1 Å². The van der Waals surface area contributed by atoms with Gasteiger partial charge in [0, 0.05) is 17.7 Å². The fourth-order valence-electron chi connectivity index (χ4n) is 1.69. The number of benzene rings is 1. The first-order valence-corrected chi connectivity index (χ1v) is 6.37. The number of carbonyl (C=O) groups is 1. The van der Waals surface area contributed by atoms with E-state index in [2.05, 4.69) is 15.3 Å². The van der Waals surface area contributed by atoms with E-state index in [-0.39, 0.29) is 11.8 Å². The minimum atomic E-state index is 0.00198. The summed E-state index contributed by atoms with van der Waals surface area (Å²) >= 11 is 0. The van der Waals surface area contributed by atoms with Crippen LogP contribution in [0.5, 0.6) is 11.6 Å². The predicted molar refractivity (Wildman–Crippen MR) is 74.3 cm³/mol. The maximum Gasteiger partial charge on any atom is 0.228 e. The van der Waals surface area contributed by atoms with Crippen molar-refractivity contribution in [1.82, 2.24) is 9.97 Å². The van der Waals surface area contributed by atoms with Crippen LogP contribution in [-0.4, -0.2) is 15.9 Å². The first-order valence-electron chi connectivity index (χ1n) is 6.37. The molecule has 0 unspecified atom stereocenters. The van der Waals surface area contributed by atoms with Gasteiger partial charge in [0.25, 0.3) is 0 Å². The number of anilines is 2. The summed E-state index contributed by atoms with van der Waals surface area (Å²) in [6.07, 6.45) is 3.26. The van der Waals surface area contributed by atoms with Crippen LogP contribution in [0.4, 0.5) is 11.5 Å². The third-order valence-electron chi connectivity index (χ3n) is 2.94. The number of carbonyl (C=O) groups excluding carboxylic acids is 1. The molecule has 0 spiro atoms. The van der Waals surface area contributed by atoms with Crippen molar-refractivity contribution in [2.75, 3.05) is 11.1 Å². The second kappa shape index (κ2) is 5.16. The molecule has 6 nitrogen and oxygen atoms in total. The molecule has 102 valence electrons. The van der Waals surface area contributed by atoms with Gasteiger partial charge in [0.1, 0.15) is 17.9 Å². The van der Waals surface area contributed by atoms with Crippen LogP contribution in [-0.2, 0) is 4.79 Å². The zero-order valence-corrected chi connectivity index (χ0v) is 10.7. The highest BCUT2D eigenvalue weighted by molar-refractivity contribution is 5.93. The van der Waals surface area contributed by atoms with Gasteiger partial charge in [0.05, 0.1) is 0 Å². The number of nitrogen functional groups attached to an aromatic ring is 1. The van der Waals surface area contributed by atoms with Crippen LogP contribution in [0.3, 0.4) is 0 Å². The smallest absolute Gasteiger partial charge is 0.228 e. The summed E-state index contributed by atoms with van der Waals surface area (Å²) in [4.78, 5) is 19.7. The SMILES string of the molecule is Nc1ccc(Oc2cc(NC(=O)C3CC3)ncn2)cc1. The normalized spacial score (nSPS) is 13.8. The first kappa shape index (κ1) is 12.4. The van der Waals surface area contributed by atoms with Gasteiger partial charge in [0.15, 0.2) is 0 Å². The monoisotopic (exact) mass is 270 g/mol. The Balaban J connectivity index is 1.70. The fourth-order valence-corrected chi connectivity index (χ4v) is 1.69. The number of hydrogen-bond donors (Lipinski definition) is 2. The van der Waals surface area contributed by atoms with Gasteiger partial charge >= 0.3 is 0 Å². The molecule has 6 heteroatoms. The molecular formula is C14H14N4O2. The van der Waals surface area contributed by atoms with Crippen molar-refractivity contribution in [1.29, 1.82) is 0 Å². The first-order chi connectivity index (χ1) is 9.70. The van der Waals surface area contributed by atoms with Crippen molar-refractivity contribution in [3.8, 4) is 11.6 Å². The second-order valence-corrected chi connectivity index (χ2v) is 4.68. The van der Waals surface area contributed by atoms with E-state index in [0.717, 1.165) is 12.8 Å². The fraction of sp³-hybridized carbons (Fsp3) is 0.214. The van der Waals surface area contributed by atoms with Crippen LogP contribution in [0.1, 0.15) is 12.8 Å². The highest BCUT2D eigenvalue weighted by atomic mass is 16.5. The van der Waals surface area contributed by atoms with Gasteiger partial charge in [-0.15, -0.1) is 0 Å². The number of rotatable bonds is 4. The molecule has 3 N–H and O–H groups in total. The minimum Gasteiger partial charge on any atom is -0.439 e. The molecule has 0 bridgehead atoms. The number of amides is 1. The van der Waals surface area contributed by atoms with E-state index < -0.39 is 0 Å². The van der Waals surface area contributed by atoms with Gasteiger partial charge in [-0.2, -0.15) is 0 Å². The Hall–Kier alpha value is -2.63. The number of ether oxygens (including phenoxy) is 1. The van der Waals surface area contributed by atoms with E-state index in [9.17, 15) is 4.79 Å². The van der Waals surface area contributed by atoms with Crippen molar-refractivity contribution in [3.63, 3.8) is 0 Å². The van der Waals surface area contributed by atoms with Crippen LogP contribution < -0.4 is 15.8 Å². The Morgan fingerprint density at radius 1 is 1.25 bits per heavy atom. The number of nitrogens with one attached hydrogen (secondary N) is 1.